The van der Waals surface area contributed by atoms with E-state index in [1.807, 2.05) is 0 Å². The van der Waals surface area contributed by atoms with E-state index in [0.29, 0.717) is 11.5 Å². The molecule has 21 heavy (non-hydrogen) atoms. The molecule has 0 aliphatic rings. The van der Waals surface area contributed by atoms with Crippen molar-refractivity contribution in [1.82, 2.24) is 10.6 Å². The van der Waals surface area contributed by atoms with Gasteiger partial charge >= 0.3 is 6.03 Å². The van der Waals surface area contributed by atoms with Crippen LogP contribution in [0.2, 0.25) is 0 Å². The monoisotopic (exact) mass is 294 g/mol. The predicted molar refractivity (Wildman–Crippen MR) is 73.5 cm³/mol. The van der Waals surface area contributed by atoms with Gasteiger partial charge < -0.3 is 29.3 Å². The number of ether oxygens (including phenoxy) is 1. The minimum absolute atomic E-state index is 0.0389. The molecule has 0 spiro atoms. The first-order valence-corrected chi connectivity index (χ1v) is 6.49. The Kier molecular flexibility index (Phi) is 5.42. The number of amides is 2. The molecule has 2 aromatic heterocycles. The molecule has 114 valence electrons. The van der Waals surface area contributed by atoms with E-state index in [2.05, 4.69) is 10.6 Å². The van der Waals surface area contributed by atoms with Crippen molar-refractivity contribution in [3.05, 3.63) is 48.3 Å². The molecule has 2 amide bonds. The van der Waals surface area contributed by atoms with Crippen LogP contribution in [0.4, 0.5) is 4.79 Å². The van der Waals surface area contributed by atoms with E-state index in [-0.39, 0.29) is 13.2 Å². The van der Waals surface area contributed by atoms with Gasteiger partial charge in [-0.1, -0.05) is 0 Å². The van der Waals surface area contributed by atoms with Gasteiger partial charge in [-0.3, -0.25) is 0 Å². The SMILES string of the molecule is COCC(NC(=O)NCC(O)c1ccco1)c1ccco1. The quantitative estimate of drug-likeness (QED) is 0.720. The second-order valence-electron chi connectivity index (χ2n) is 4.41. The van der Waals surface area contributed by atoms with Crippen molar-refractivity contribution >= 4 is 6.03 Å². The first kappa shape index (κ1) is 15.1. The van der Waals surface area contributed by atoms with Gasteiger partial charge in [-0.25, -0.2) is 4.79 Å². The van der Waals surface area contributed by atoms with Gasteiger partial charge in [-0.15, -0.1) is 0 Å². The lowest BCUT2D eigenvalue weighted by Crippen LogP contribution is -2.41. The molecule has 2 atom stereocenters. The zero-order chi connectivity index (χ0) is 15.1. The van der Waals surface area contributed by atoms with Crippen molar-refractivity contribution in [1.29, 1.82) is 0 Å². The number of hydrogen-bond donors (Lipinski definition) is 3. The van der Waals surface area contributed by atoms with Gasteiger partial charge in [0.25, 0.3) is 0 Å². The Balaban J connectivity index is 1.82. The standard InChI is InChI=1S/C14H18N2O5/c1-19-9-10(12-4-2-6-20-12)16-14(18)15-8-11(17)13-5-3-7-21-13/h2-7,10-11,17H,8-9H2,1H3,(H2,15,16,18). The average molecular weight is 294 g/mol. The van der Waals surface area contributed by atoms with Crippen LogP contribution in [0.3, 0.4) is 0 Å². The molecule has 0 saturated heterocycles. The molecular weight excluding hydrogens is 276 g/mol. The molecule has 2 heterocycles. The van der Waals surface area contributed by atoms with E-state index in [1.54, 1.807) is 24.3 Å². The fourth-order valence-corrected chi connectivity index (χ4v) is 1.83. The maximum Gasteiger partial charge on any atom is 0.315 e. The zero-order valence-electron chi connectivity index (χ0n) is 11.6. The summed E-state index contributed by atoms with van der Waals surface area (Å²) < 4.78 is 15.3. The van der Waals surface area contributed by atoms with Crippen LogP contribution >= 0.6 is 0 Å². The molecule has 0 aromatic carbocycles. The Bertz CT molecular complexity index is 524. The van der Waals surface area contributed by atoms with Gasteiger partial charge in [0.2, 0.25) is 0 Å². The van der Waals surface area contributed by atoms with Crippen molar-refractivity contribution in [3.63, 3.8) is 0 Å². The van der Waals surface area contributed by atoms with Gasteiger partial charge in [0.1, 0.15) is 23.7 Å². The van der Waals surface area contributed by atoms with Crippen LogP contribution in [0.15, 0.2) is 45.6 Å². The van der Waals surface area contributed by atoms with Gasteiger partial charge in [0, 0.05) is 7.11 Å². The summed E-state index contributed by atoms with van der Waals surface area (Å²) in [4.78, 5) is 11.8. The number of rotatable bonds is 7. The molecule has 0 saturated carbocycles. The summed E-state index contributed by atoms with van der Waals surface area (Å²) in [6, 6.07) is 5.97. The largest absolute Gasteiger partial charge is 0.467 e. The highest BCUT2D eigenvalue weighted by molar-refractivity contribution is 5.74. The Morgan fingerprint density at radius 3 is 2.52 bits per heavy atom. The van der Waals surface area contributed by atoms with E-state index in [1.165, 1.54) is 19.6 Å². The molecule has 0 radical (unpaired) electrons. The predicted octanol–water partition coefficient (Wildman–Crippen LogP) is 1.59. The Hall–Kier alpha value is -2.25. The minimum atomic E-state index is -0.893. The normalized spacial score (nSPS) is 13.6. The van der Waals surface area contributed by atoms with Crippen molar-refractivity contribution in [2.45, 2.75) is 12.1 Å². The summed E-state index contributed by atoms with van der Waals surface area (Å²) in [5.41, 5.74) is 0. The topological polar surface area (TPSA) is 96.9 Å². The van der Waals surface area contributed by atoms with Crippen molar-refractivity contribution < 1.29 is 23.5 Å². The third-order valence-corrected chi connectivity index (χ3v) is 2.85. The van der Waals surface area contributed by atoms with Crippen LogP contribution in [-0.4, -0.2) is 31.4 Å². The lowest BCUT2D eigenvalue weighted by atomic mass is 10.2. The number of aliphatic hydroxyl groups excluding tert-OH is 1. The molecule has 3 N–H and O–H groups in total. The Morgan fingerprint density at radius 2 is 1.95 bits per heavy atom. The number of furan rings is 2. The number of methoxy groups -OCH3 is 1. The zero-order valence-corrected chi connectivity index (χ0v) is 11.6. The van der Waals surface area contributed by atoms with Crippen molar-refractivity contribution in [3.8, 4) is 0 Å². The molecule has 0 bridgehead atoms. The van der Waals surface area contributed by atoms with E-state index >= 15 is 0 Å². The van der Waals surface area contributed by atoms with Crippen LogP contribution in [-0.2, 0) is 4.74 Å². The number of hydrogen-bond acceptors (Lipinski definition) is 5. The molecular formula is C14H18N2O5. The number of nitrogens with one attached hydrogen (secondary N) is 2. The summed E-state index contributed by atoms with van der Waals surface area (Å²) in [5.74, 6) is 0.994. The van der Waals surface area contributed by atoms with Crippen molar-refractivity contribution in [2.24, 2.45) is 0 Å². The summed E-state index contributed by atoms with van der Waals surface area (Å²) in [5, 5.41) is 15.1. The van der Waals surface area contributed by atoms with Crippen LogP contribution in [0.1, 0.15) is 23.7 Å². The molecule has 2 rings (SSSR count). The van der Waals surface area contributed by atoms with Gasteiger partial charge in [0.05, 0.1) is 25.7 Å². The van der Waals surface area contributed by atoms with Crippen LogP contribution in [0.5, 0.6) is 0 Å². The smallest absolute Gasteiger partial charge is 0.315 e. The summed E-state index contributed by atoms with van der Waals surface area (Å²) in [6.45, 7) is 0.318. The fourth-order valence-electron chi connectivity index (χ4n) is 1.83. The number of carbonyl (C=O) groups excluding carboxylic acids is 1. The van der Waals surface area contributed by atoms with Gasteiger partial charge in [0.15, 0.2) is 0 Å². The molecule has 0 aliphatic heterocycles. The Labute approximate surface area is 121 Å². The maximum absolute atomic E-state index is 11.8. The lowest BCUT2D eigenvalue weighted by molar-refractivity contribution is 0.142. The second kappa shape index (κ2) is 7.51. The number of urea groups is 1. The molecule has 2 unspecified atom stereocenters. The van der Waals surface area contributed by atoms with E-state index < -0.39 is 18.2 Å². The van der Waals surface area contributed by atoms with Gasteiger partial charge in [-0.2, -0.15) is 0 Å². The average Bonchev–Trinajstić information content (AvgIpc) is 3.16. The second-order valence-corrected chi connectivity index (χ2v) is 4.41. The third kappa shape index (κ3) is 4.37. The van der Waals surface area contributed by atoms with E-state index in [4.69, 9.17) is 13.6 Å². The summed E-state index contributed by atoms with van der Waals surface area (Å²) in [7, 11) is 1.54. The minimum Gasteiger partial charge on any atom is -0.467 e. The van der Waals surface area contributed by atoms with Gasteiger partial charge in [-0.05, 0) is 24.3 Å². The summed E-state index contributed by atoms with van der Waals surface area (Å²) in [6.07, 6.45) is 2.10. The summed E-state index contributed by atoms with van der Waals surface area (Å²) >= 11 is 0. The van der Waals surface area contributed by atoms with Crippen molar-refractivity contribution in [2.75, 3.05) is 20.3 Å². The van der Waals surface area contributed by atoms with Crippen LogP contribution in [0.25, 0.3) is 0 Å². The molecule has 7 heteroatoms. The third-order valence-electron chi connectivity index (χ3n) is 2.85. The van der Waals surface area contributed by atoms with Crippen LogP contribution in [0, 0.1) is 0 Å². The van der Waals surface area contributed by atoms with Crippen LogP contribution < -0.4 is 10.6 Å². The first-order valence-electron chi connectivity index (χ1n) is 6.49. The molecule has 0 fully saturated rings. The van der Waals surface area contributed by atoms with E-state index in [9.17, 15) is 9.90 Å². The maximum atomic E-state index is 11.8. The highest BCUT2D eigenvalue weighted by atomic mass is 16.5. The molecule has 7 nitrogen and oxygen atoms in total. The first-order chi connectivity index (χ1) is 10.2. The lowest BCUT2D eigenvalue weighted by Gasteiger charge is -2.17. The molecule has 2 aromatic rings. The fraction of sp³-hybridized carbons (Fsp3) is 0.357. The van der Waals surface area contributed by atoms with E-state index in [0.717, 1.165) is 0 Å². The molecule has 0 aliphatic carbocycles. The number of carbonyl (C=O) groups is 1. The highest BCUT2D eigenvalue weighted by Gasteiger charge is 2.18. The Morgan fingerprint density at radius 1 is 1.29 bits per heavy atom. The number of aliphatic hydroxyl groups is 1. The highest BCUT2D eigenvalue weighted by Crippen LogP contribution is 2.14.